The summed E-state index contributed by atoms with van der Waals surface area (Å²) in [7, 11) is 0. The molecule has 2 aromatic rings. The number of ether oxygens (including phenoxy) is 1. The smallest absolute Gasteiger partial charge is 0.130 e. The molecule has 0 aliphatic rings. The van der Waals surface area contributed by atoms with E-state index in [1.807, 2.05) is 13.0 Å². The van der Waals surface area contributed by atoms with Crippen molar-refractivity contribution >= 4 is 0 Å². The molecule has 0 aliphatic heterocycles. The van der Waals surface area contributed by atoms with Gasteiger partial charge in [0, 0.05) is 6.54 Å². The highest BCUT2D eigenvalue weighted by atomic mass is 19.1. The van der Waals surface area contributed by atoms with E-state index in [1.165, 1.54) is 11.6 Å². The maximum absolute atomic E-state index is 13.3. The molecule has 0 saturated carbocycles. The van der Waals surface area contributed by atoms with Gasteiger partial charge in [0.2, 0.25) is 0 Å². The van der Waals surface area contributed by atoms with Gasteiger partial charge in [-0.2, -0.15) is 0 Å². The van der Waals surface area contributed by atoms with Gasteiger partial charge in [-0.3, -0.25) is 0 Å². The normalized spacial score (nSPS) is 10.7. The molecule has 112 valence electrons. The Balaban J connectivity index is 2.14. The summed E-state index contributed by atoms with van der Waals surface area (Å²) < 4.78 is 19.2. The van der Waals surface area contributed by atoms with Crippen molar-refractivity contribution in [2.75, 3.05) is 6.54 Å². The van der Waals surface area contributed by atoms with E-state index in [2.05, 4.69) is 24.4 Å². The standard InChI is InChI=1S/C18H22FNO/c1-4-9-20-12-15-6-5-13(2)18(11-15)21-16-7-8-17(19)14(3)10-16/h5-8,10-11,20H,4,9,12H2,1-3H3. The van der Waals surface area contributed by atoms with Crippen LogP contribution in [0.3, 0.4) is 0 Å². The van der Waals surface area contributed by atoms with Crippen LogP contribution in [0.4, 0.5) is 4.39 Å². The second-order valence-corrected chi connectivity index (χ2v) is 5.29. The van der Waals surface area contributed by atoms with Crippen molar-refractivity contribution in [1.82, 2.24) is 5.32 Å². The summed E-state index contributed by atoms with van der Waals surface area (Å²) in [5.41, 5.74) is 2.84. The molecule has 0 fully saturated rings. The number of hydrogen-bond acceptors (Lipinski definition) is 2. The number of hydrogen-bond donors (Lipinski definition) is 1. The van der Waals surface area contributed by atoms with E-state index in [0.717, 1.165) is 30.8 Å². The minimum atomic E-state index is -0.211. The summed E-state index contributed by atoms with van der Waals surface area (Å²) in [5, 5.41) is 3.37. The second kappa shape index (κ2) is 7.23. The van der Waals surface area contributed by atoms with Crippen LogP contribution in [0, 0.1) is 19.7 Å². The molecular formula is C18H22FNO. The molecule has 2 nitrogen and oxygen atoms in total. The Labute approximate surface area is 126 Å². The third-order valence-electron chi connectivity index (χ3n) is 3.37. The van der Waals surface area contributed by atoms with Gasteiger partial charge in [-0.25, -0.2) is 4.39 Å². The molecule has 2 aromatic carbocycles. The molecule has 0 amide bonds. The van der Waals surface area contributed by atoms with Crippen LogP contribution < -0.4 is 10.1 Å². The highest BCUT2D eigenvalue weighted by Crippen LogP contribution is 2.27. The van der Waals surface area contributed by atoms with Crippen molar-refractivity contribution in [3.8, 4) is 11.5 Å². The average molecular weight is 287 g/mol. The lowest BCUT2D eigenvalue weighted by Gasteiger charge is -2.12. The van der Waals surface area contributed by atoms with Crippen LogP contribution in [0.1, 0.15) is 30.0 Å². The minimum absolute atomic E-state index is 0.211. The first kappa shape index (κ1) is 15.5. The third kappa shape index (κ3) is 4.30. The second-order valence-electron chi connectivity index (χ2n) is 5.29. The first-order valence-electron chi connectivity index (χ1n) is 7.34. The van der Waals surface area contributed by atoms with Crippen LogP contribution in [0.25, 0.3) is 0 Å². The third-order valence-corrected chi connectivity index (χ3v) is 3.37. The van der Waals surface area contributed by atoms with Crippen LogP contribution in [0.2, 0.25) is 0 Å². The zero-order valence-electron chi connectivity index (χ0n) is 12.9. The fraction of sp³-hybridized carbons (Fsp3) is 0.333. The molecule has 0 heterocycles. The van der Waals surface area contributed by atoms with Gasteiger partial charge in [0.05, 0.1) is 0 Å². The molecular weight excluding hydrogens is 265 g/mol. The Morgan fingerprint density at radius 2 is 1.86 bits per heavy atom. The van der Waals surface area contributed by atoms with E-state index >= 15 is 0 Å². The van der Waals surface area contributed by atoms with E-state index < -0.39 is 0 Å². The molecule has 1 N–H and O–H groups in total. The quantitative estimate of drug-likeness (QED) is 0.775. The zero-order valence-corrected chi connectivity index (χ0v) is 12.9. The summed E-state index contributed by atoms with van der Waals surface area (Å²) in [6.07, 6.45) is 1.12. The lowest BCUT2D eigenvalue weighted by atomic mass is 10.1. The predicted octanol–water partition coefficient (Wildman–Crippen LogP) is 4.73. The lowest BCUT2D eigenvalue weighted by Crippen LogP contribution is -2.13. The molecule has 0 spiro atoms. The van der Waals surface area contributed by atoms with Crippen molar-refractivity contribution < 1.29 is 9.13 Å². The van der Waals surface area contributed by atoms with Crippen LogP contribution >= 0.6 is 0 Å². The molecule has 0 atom stereocenters. The van der Waals surface area contributed by atoms with Crippen LogP contribution in [0.5, 0.6) is 11.5 Å². The molecule has 0 aromatic heterocycles. The fourth-order valence-corrected chi connectivity index (χ4v) is 2.08. The van der Waals surface area contributed by atoms with Gasteiger partial charge in [0.15, 0.2) is 0 Å². The highest BCUT2D eigenvalue weighted by Gasteiger charge is 2.05. The minimum Gasteiger partial charge on any atom is -0.457 e. The maximum atomic E-state index is 13.3. The summed E-state index contributed by atoms with van der Waals surface area (Å²) in [5.74, 6) is 1.27. The predicted molar refractivity (Wildman–Crippen MR) is 84.4 cm³/mol. The Bertz CT molecular complexity index is 610. The van der Waals surface area contributed by atoms with Crippen LogP contribution in [-0.2, 0) is 6.54 Å². The summed E-state index contributed by atoms with van der Waals surface area (Å²) in [4.78, 5) is 0. The van der Waals surface area contributed by atoms with Crippen molar-refractivity contribution in [2.24, 2.45) is 0 Å². The fourth-order valence-electron chi connectivity index (χ4n) is 2.08. The van der Waals surface area contributed by atoms with Crippen molar-refractivity contribution in [1.29, 1.82) is 0 Å². The molecule has 21 heavy (non-hydrogen) atoms. The molecule has 0 bridgehead atoms. The van der Waals surface area contributed by atoms with Gasteiger partial charge in [-0.1, -0.05) is 19.1 Å². The maximum Gasteiger partial charge on any atom is 0.130 e. The number of aryl methyl sites for hydroxylation is 2. The number of rotatable bonds is 6. The van der Waals surface area contributed by atoms with Gasteiger partial charge >= 0.3 is 0 Å². The first-order valence-corrected chi connectivity index (χ1v) is 7.34. The SMILES string of the molecule is CCCNCc1ccc(C)c(Oc2ccc(F)c(C)c2)c1. The highest BCUT2D eigenvalue weighted by molar-refractivity contribution is 5.41. The van der Waals surface area contributed by atoms with Gasteiger partial charge < -0.3 is 10.1 Å². The van der Waals surface area contributed by atoms with Crippen molar-refractivity contribution in [3.05, 3.63) is 58.9 Å². The molecule has 0 aliphatic carbocycles. The molecule has 0 unspecified atom stereocenters. The first-order chi connectivity index (χ1) is 10.1. The van der Waals surface area contributed by atoms with Gasteiger partial charge in [-0.15, -0.1) is 0 Å². The van der Waals surface area contributed by atoms with Gasteiger partial charge in [-0.05, 0) is 67.8 Å². The number of nitrogens with one attached hydrogen (secondary N) is 1. The van der Waals surface area contributed by atoms with Crippen molar-refractivity contribution in [3.63, 3.8) is 0 Å². The van der Waals surface area contributed by atoms with E-state index in [0.29, 0.717) is 11.3 Å². The van der Waals surface area contributed by atoms with Gasteiger partial charge in [0.1, 0.15) is 17.3 Å². The Morgan fingerprint density at radius 1 is 1.05 bits per heavy atom. The summed E-state index contributed by atoms with van der Waals surface area (Å²) in [6.45, 7) is 7.72. The van der Waals surface area contributed by atoms with Crippen molar-refractivity contribution in [2.45, 2.75) is 33.7 Å². The Hall–Kier alpha value is -1.87. The molecule has 0 saturated heterocycles. The Morgan fingerprint density at radius 3 is 2.57 bits per heavy atom. The van der Waals surface area contributed by atoms with E-state index in [9.17, 15) is 4.39 Å². The van der Waals surface area contributed by atoms with E-state index in [1.54, 1.807) is 19.1 Å². The van der Waals surface area contributed by atoms with E-state index in [-0.39, 0.29) is 5.82 Å². The average Bonchev–Trinajstić information content (AvgIpc) is 2.46. The summed E-state index contributed by atoms with van der Waals surface area (Å²) >= 11 is 0. The molecule has 3 heteroatoms. The topological polar surface area (TPSA) is 21.3 Å². The molecule has 2 rings (SSSR count). The van der Waals surface area contributed by atoms with Crippen LogP contribution in [0.15, 0.2) is 36.4 Å². The van der Waals surface area contributed by atoms with Gasteiger partial charge in [0.25, 0.3) is 0 Å². The number of halogens is 1. The largest absolute Gasteiger partial charge is 0.457 e. The Kier molecular flexibility index (Phi) is 5.34. The monoisotopic (exact) mass is 287 g/mol. The molecule has 0 radical (unpaired) electrons. The zero-order chi connectivity index (χ0) is 15.2. The van der Waals surface area contributed by atoms with E-state index in [4.69, 9.17) is 4.74 Å². The van der Waals surface area contributed by atoms with Crippen LogP contribution in [-0.4, -0.2) is 6.54 Å². The number of benzene rings is 2. The lowest BCUT2D eigenvalue weighted by molar-refractivity contribution is 0.475. The summed E-state index contributed by atoms with van der Waals surface area (Å²) in [6, 6.07) is 11.0.